The number of nitrogens with two attached hydrogens (primary N) is 1. The molecular weight excluding hydrogens is 236 g/mol. The Balaban J connectivity index is 2.06. The molecule has 0 radical (unpaired) electrons. The molecule has 1 aliphatic heterocycles. The molecule has 3 heteroatoms. The zero-order chi connectivity index (χ0) is 13.5. The van der Waals surface area contributed by atoms with Crippen molar-refractivity contribution >= 4 is 0 Å². The molecule has 3 nitrogen and oxygen atoms in total. The van der Waals surface area contributed by atoms with Crippen LogP contribution >= 0.6 is 0 Å². The quantitative estimate of drug-likeness (QED) is 0.855. The normalized spacial score (nSPS) is 22.3. The number of hydrogen-bond donors (Lipinski definition) is 1. The first-order chi connectivity index (χ1) is 9.35. The summed E-state index contributed by atoms with van der Waals surface area (Å²) in [6.45, 7) is 3.93. The number of piperidine rings is 1. The second-order valence-electron chi connectivity index (χ2n) is 5.46. The van der Waals surface area contributed by atoms with Gasteiger partial charge in [0, 0.05) is 19.7 Å². The molecular formula is C16H26N2O. The van der Waals surface area contributed by atoms with E-state index >= 15 is 0 Å². The Kier molecular flexibility index (Phi) is 5.83. The van der Waals surface area contributed by atoms with Gasteiger partial charge in [0.25, 0.3) is 0 Å². The molecule has 0 aliphatic carbocycles. The molecule has 1 heterocycles. The van der Waals surface area contributed by atoms with E-state index in [2.05, 4.69) is 35.2 Å². The Morgan fingerprint density at radius 1 is 1.37 bits per heavy atom. The lowest BCUT2D eigenvalue weighted by molar-refractivity contribution is 0.0659. The van der Waals surface area contributed by atoms with Crippen molar-refractivity contribution in [3.63, 3.8) is 0 Å². The summed E-state index contributed by atoms with van der Waals surface area (Å²) in [5, 5.41) is 0. The second-order valence-corrected chi connectivity index (χ2v) is 5.46. The van der Waals surface area contributed by atoms with E-state index in [-0.39, 0.29) is 0 Å². The van der Waals surface area contributed by atoms with Gasteiger partial charge in [0.1, 0.15) is 0 Å². The van der Waals surface area contributed by atoms with E-state index in [1.54, 1.807) is 7.11 Å². The summed E-state index contributed by atoms with van der Waals surface area (Å²) in [5.74, 6) is 0.669. The predicted octanol–water partition coefficient (Wildman–Crippen LogP) is 2.43. The van der Waals surface area contributed by atoms with Crippen molar-refractivity contribution in [2.24, 2.45) is 11.7 Å². The fraction of sp³-hybridized carbons (Fsp3) is 0.625. The third-order valence-electron chi connectivity index (χ3n) is 4.02. The van der Waals surface area contributed by atoms with Crippen LogP contribution in [0.2, 0.25) is 0 Å². The summed E-state index contributed by atoms with van der Waals surface area (Å²) < 4.78 is 5.32. The van der Waals surface area contributed by atoms with Crippen molar-refractivity contribution in [2.75, 3.05) is 33.4 Å². The fourth-order valence-electron chi connectivity index (χ4n) is 3.15. The van der Waals surface area contributed by atoms with Gasteiger partial charge in [-0.05, 0) is 43.8 Å². The highest BCUT2D eigenvalue weighted by Gasteiger charge is 2.26. The van der Waals surface area contributed by atoms with Crippen molar-refractivity contribution in [3.05, 3.63) is 35.9 Å². The number of hydrogen-bond acceptors (Lipinski definition) is 3. The van der Waals surface area contributed by atoms with Crippen LogP contribution in [0.4, 0.5) is 0 Å². The molecule has 0 spiro atoms. The minimum absolute atomic E-state index is 0.464. The lowest BCUT2D eigenvalue weighted by Crippen LogP contribution is -2.40. The maximum atomic E-state index is 5.82. The van der Waals surface area contributed by atoms with Crippen LogP contribution in [0.5, 0.6) is 0 Å². The molecule has 2 atom stereocenters. The van der Waals surface area contributed by atoms with E-state index in [4.69, 9.17) is 10.5 Å². The number of ether oxygens (including phenoxy) is 1. The Labute approximate surface area is 116 Å². The lowest BCUT2D eigenvalue weighted by Gasteiger charge is -2.38. The van der Waals surface area contributed by atoms with Crippen LogP contribution in [-0.2, 0) is 4.74 Å². The van der Waals surface area contributed by atoms with Crippen molar-refractivity contribution in [1.29, 1.82) is 0 Å². The molecule has 19 heavy (non-hydrogen) atoms. The second kappa shape index (κ2) is 7.63. The number of rotatable bonds is 6. The molecule has 1 fully saturated rings. The summed E-state index contributed by atoms with van der Waals surface area (Å²) in [7, 11) is 1.80. The maximum Gasteiger partial charge on any atom is 0.0502 e. The number of methoxy groups -OCH3 is 1. The first-order valence-corrected chi connectivity index (χ1v) is 7.33. The van der Waals surface area contributed by atoms with Crippen LogP contribution in [0.3, 0.4) is 0 Å². The summed E-state index contributed by atoms with van der Waals surface area (Å²) in [5.41, 5.74) is 7.21. The van der Waals surface area contributed by atoms with E-state index in [0.717, 1.165) is 26.1 Å². The molecule has 1 aliphatic rings. The highest BCUT2D eigenvalue weighted by Crippen LogP contribution is 2.29. The number of nitrogens with zero attached hydrogens (tertiary/aromatic N) is 1. The fourth-order valence-corrected chi connectivity index (χ4v) is 3.15. The molecule has 0 saturated carbocycles. The largest absolute Gasteiger partial charge is 0.384 e. The minimum atomic E-state index is 0.464. The van der Waals surface area contributed by atoms with Crippen LogP contribution in [0.15, 0.2) is 30.3 Å². The standard InChI is InChI=1S/C16H26N2O/c1-19-13-14-6-5-11-18(12-14)16(9-10-17)15-7-3-2-4-8-15/h2-4,7-8,14,16H,5-6,9-13,17H2,1H3. The highest BCUT2D eigenvalue weighted by molar-refractivity contribution is 5.19. The van der Waals surface area contributed by atoms with E-state index in [0.29, 0.717) is 12.0 Å². The summed E-state index contributed by atoms with van der Waals surface area (Å²) in [6.07, 6.45) is 3.58. The first kappa shape index (κ1) is 14.5. The van der Waals surface area contributed by atoms with Gasteiger partial charge >= 0.3 is 0 Å². The Morgan fingerprint density at radius 2 is 2.16 bits per heavy atom. The molecule has 0 amide bonds. The van der Waals surface area contributed by atoms with E-state index in [1.807, 2.05) is 0 Å². The summed E-state index contributed by atoms with van der Waals surface area (Å²) >= 11 is 0. The first-order valence-electron chi connectivity index (χ1n) is 7.33. The van der Waals surface area contributed by atoms with Crippen molar-refractivity contribution < 1.29 is 4.74 Å². The molecule has 1 aromatic carbocycles. The van der Waals surface area contributed by atoms with Crippen molar-refractivity contribution in [2.45, 2.75) is 25.3 Å². The van der Waals surface area contributed by atoms with Crippen molar-refractivity contribution in [3.8, 4) is 0 Å². The monoisotopic (exact) mass is 262 g/mol. The van der Waals surface area contributed by atoms with Crippen LogP contribution in [0, 0.1) is 5.92 Å². The number of likely N-dealkylation sites (tertiary alicyclic amines) is 1. The molecule has 0 bridgehead atoms. The lowest BCUT2D eigenvalue weighted by atomic mass is 9.94. The number of benzene rings is 1. The molecule has 2 unspecified atom stereocenters. The minimum Gasteiger partial charge on any atom is -0.384 e. The Bertz CT molecular complexity index is 353. The summed E-state index contributed by atoms with van der Waals surface area (Å²) in [4.78, 5) is 2.59. The van der Waals surface area contributed by atoms with Gasteiger partial charge in [-0.2, -0.15) is 0 Å². The topological polar surface area (TPSA) is 38.5 Å². The van der Waals surface area contributed by atoms with Gasteiger partial charge in [0.15, 0.2) is 0 Å². The molecule has 106 valence electrons. The van der Waals surface area contributed by atoms with Gasteiger partial charge < -0.3 is 10.5 Å². The molecule has 0 aromatic heterocycles. The molecule has 1 saturated heterocycles. The molecule has 2 N–H and O–H groups in total. The summed E-state index contributed by atoms with van der Waals surface area (Å²) in [6, 6.07) is 11.2. The molecule has 1 aromatic rings. The van der Waals surface area contributed by atoms with E-state index in [9.17, 15) is 0 Å². The smallest absolute Gasteiger partial charge is 0.0502 e. The van der Waals surface area contributed by atoms with Gasteiger partial charge in [-0.3, -0.25) is 4.90 Å². The SMILES string of the molecule is COCC1CCCN(C(CCN)c2ccccc2)C1. The average Bonchev–Trinajstić information content (AvgIpc) is 2.46. The van der Waals surface area contributed by atoms with Crippen LogP contribution in [0.25, 0.3) is 0 Å². The predicted molar refractivity (Wildman–Crippen MR) is 79.0 cm³/mol. The van der Waals surface area contributed by atoms with Crippen LogP contribution in [-0.4, -0.2) is 38.3 Å². The third kappa shape index (κ3) is 4.03. The molecule has 2 rings (SSSR count). The van der Waals surface area contributed by atoms with Crippen LogP contribution < -0.4 is 5.73 Å². The van der Waals surface area contributed by atoms with Crippen molar-refractivity contribution in [1.82, 2.24) is 4.90 Å². The zero-order valence-corrected chi connectivity index (χ0v) is 11.9. The zero-order valence-electron chi connectivity index (χ0n) is 11.9. The Hall–Kier alpha value is -0.900. The van der Waals surface area contributed by atoms with Gasteiger partial charge in [-0.1, -0.05) is 30.3 Å². The van der Waals surface area contributed by atoms with Gasteiger partial charge in [-0.25, -0.2) is 0 Å². The van der Waals surface area contributed by atoms with Gasteiger partial charge in [-0.15, -0.1) is 0 Å². The van der Waals surface area contributed by atoms with Crippen LogP contribution in [0.1, 0.15) is 30.9 Å². The van der Waals surface area contributed by atoms with Gasteiger partial charge in [0.2, 0.25) is 0 Å². The van der Waals surface area contributed by atoms with E-state index < -0.39 is 0 Å². The van der Waals surface area contributed by atoms with Gasteiger partial charge in [0.05, 0.1) is 6.61 Å². The maximum absolute atomic E-state index is 5.82. The Morgan fingerprint density at radius 3 is 2.84 bits per heavy atom. The third-order valence-corrected chi connectivity index (χ3v) is 4.02. The van der Waals surface area contributed by atoms with E-state index in [1.165, 1.54) is 24.9 Å². The highest BCUT2D eigenvalue weighted by atomic mass is 16.5. The average molecular weight is 262 g/mol.